The van der Waals surface area contributed by atoms with Gasteiger partial charge < -0.3 is 19.9 Å². The fourth-order valence-electron chi connectivity index (χ4n) is 3.73. The largest absolute Gasteiger partial charge is 0.480 e. The van der Waals surface area contributed by atoms with Crippen LogP contribution in [0.5, 0.6) is 0 Å². The van der Waals surface area contributed by atoms with E-state index in [1.165, 1.54) is 4.90 Å². The van der Waals surface area contributed by atoms with E-state index in [0.717, 1.165) is 6.29 Å². The minimum Gasteiger partial charge on any atom is -0.480 e. The zero-order chi connectivity index (χ0) is 17.7. The molecule has 2 N–H and O–H groups in total. The van der Waals surface area contributed by atoms with Crippen LogP contribution < -0.4 is 0 Å². The van der Waals surface area contributed by atoms with Crippen molar-refractivity contribution in [2.45, 2.75) is 63.1 Å². The van der Waals surface area contributed by atoms with Gasteiger partial charge in [-0.25, -0.2) is 4.79 Å². The number of likely N-dealkylation sites (tertiary alicyclic amines) is 2. The first-order valence-corrected chi connectivity index (χ1v) is 8.42. The van der Waals surface area contributed by atoms with E-state index in [-0.39, 0.29) is 5.91 Å². The highest BCUT2D eigenvalue weighted by atomic mass is 16.4. The molecule has 2 heterocycles. The Bertz CT molecular complexity index is 509. The van der Waals surface area contributed by atoms with Gasteiger partial charge in [0.1, 0.15) is 18.4 Å². The lowest BCUT2D eigenvalue weighted by atomic mass is 10.0. The van der Waals surface area contributed by atoms with Crippen LogP contribution >= 0.6 is 0 Å². The van der Waals surface area contributed by atoms with E-state index in [1.54, 1.807) is 4.90 Å². The Hall–Kier alpha value is -1.96. The zero-order valence-electron chi connectivity index (χ0n) is 13.6. The van der Waals surface area contributed by atoms with E-state index in [4.69, 9.17) is 0 Å². The third-order valence-electron chi connectivity index (χ3n) is 4.89. The van der Waals surface area contributed by atoms with E-state index in [1.807, 2.05) is 0 Å². The van der Waals surface area contributed by atoms with Crippen LogP contribution in [0, 0.1) is 0 Å². The van der Waals surface area contributed by atoms with Crippen molar-refractivity contribution in [2.75, 3.05) is 13.1 Å². The molecule has 2 aliphatic heterocycles. The van der Waals surface area contributed by atoms with E-state index < -0.39 is 30.1 Å². The smallest absolute Gasteiger partial charge is 0.326 e. The topological polar surface area (TPSA) is 115 Å². The highest BCUT2D eigenvalue weighted by Crippen LogP contribution is 2.27. The number of carbonyl (C=O) groups is 4. The number of unbranched alkanes of at least 4 members (excludes halogenated alkanes) is 1. The summed E-state index contributed by atoms with van der Waals surface area (Å²) in [5, 5.41) is 18.7. The Morgan fingerprint density at radius 1 is 1.04 bits per heavy atom. The van der Waals surface area contributed by atoms with Gasteiger partial charge in [-0.05, 0) is 45.1 Å². The lowest BCUT2D eigenvalue weighted by Crippen LogP contribution is -2.54. The van der Waals surface area contributed by atoms with E-state index in [9.17, 15) is 29.4 Å². The summed E-state index contributed by atoms with van der Waals surface area (Å²) in [5.41, 5.74) is 0. The maximum Gasteiger partial charge on any atom is 0.326 e. The van der Waals surface area contributed by atoms with Crippen molar-refractivity contribution in [2.24, 2.45) is 0 Å². The highest BCUT2D eigenvalue weighted by Gasteiger charge is 2.43. The fourth-order valence-corrected chi connectivity index (χ4v) is 3.73. The molecule has 134 valence electrons. The van der Waals surface area contributed by atoms with Crippen molar-refractivity contribution < 1.29 is 29.4 Å². The average Bonchev–Trinajstić information content (AvgIpc) is 3.19. The number of amides is 1. The fraction of sp³-hybridized carbons (Fsp3) is 0.750. The Balaban J connectivity index is 2.18. The van der Waals surface area contributed by atoms with Gasteiger partial charge in [-0.3, -0.25) is 14.5 Å². The predicted octanol–water partition coefficient (Wildman–Crippen LogP) is 0.349. The molecule has 24 heavy (non-hydrogen) atoms. The highest BCUT2D eigenvalue weighted by molar-refractivity contribution is 5.88. The van der Waals surface area contributed by atoms with Crippen LogP contribution in [0.4, 0.5) is 0 Å². The van der Waals surface area contributed by atoms with Crippen LogP contribution in [0.3, 0.4) is 0 Å². The number of carboxylic acids is 2. The van der Waals surface area contributed by atoms with Gasteiger partial charge in [0.2, 0.25) is 5.91 Å². The van der Waals surface area contributed by atoms with Crippen molar-refractivity contribution in [1.29, 1.82) is 0 Å². The molecule has 0 aromatic rings. The summed E-state index contributed by atoms with van der Waals surface area (Å²) >= 11 is 0. The number of rotatable bonds is 8. The molecular weight excluding hydrogens is 316 g/mol. The predicted molar refractivity (Wildman–Crippen MR) is 83.4 cm³/mol. The summed E-state index contributed by atoms with van der Waals surface area (Å²) in [6.07, 6.45) is 4.15. The summed E-state index contributed by atoms with van der Waals surface area (Å²) in [6, 6.07) is -2.23. The van der Waals surface area contributed by atoms with Gasteiger partial charge in [-0.1, -0.05) is 0 Å². The van der Waals surface area contributed by atoms with Crippen molar-refractivity contribution in [3.63, 3.8) is 0 Å². The zero-order valence-corrected chi connectivity index (χ0v) is 13.6. The second-order valence-corrected chi connectivity index (χ2v) is 6.38. The average molecular weight is 340 g/mol. The number of carboxylic acid groups (broad SMARTS) is 2. The SMILES string of the molecule is O=CCCCC(C(=O)N1CCCC1C(=O)O)N1CCCC1C(=O)O. The lowest BCUT2D eigenvalue weighted by molar-refractivity contribution is -0.153. The molecule has 0 saturated carbocycles. The molecule has 8 nitrogen and oxygen atoms in total. The lowest BCUT2D eigenvalue weighted by Gasteiger charge is -2.34. The van der Waals surface area contributed by atoms with Crippen molar-refractivity contribution in [3.8, 4) is 0 Å². The molecule has 2 rings (SSSR count). The van der Waals surface area contributed by atoms with E-state index in [2.05, 4.69) is 0 Å². The second-order valence-electron chi connectivity index (χ2n) is 6.38. The Morgan fingerprint density at radius 3 is 2.29 bits per heavy atom. The minimum absolute atomic E-state index is 0.303. The van der Waals surface area contributed by atoms with E-state index >= 15 is 0 Å². The molecule has 1 amide bonds. The molecular formula is C16H24N2O6. The van der Waals surface area contributed by atoms with Crippen molar-refractivity contribution in [3.05, 3.63) is 0 Å². The van der Waals surface area contributed by atoms with Crippen molar-refractivity contribution in [1.82, 2.24) is 9.80 Å². The van der Waals surface area contributed by atoms with Crippen molar-refractivity contribution >= 4 is 24.1 Å². The third kappa shape index (κ3) is 3.92. The van der Waals surface area contributed by atoms with Gasteiger partial charge in [0.05, 0.1) is 6.04 Å². The van der Waals surface area contributed by atoms with Crippen LogP contribution in [0.1, 0.15) is 44.9 Å². The molecule has 3 atom stereocenters. The Kier molecular flexibility index (Phi) is 6.30. The van der Waals surface area contributed by atoms with Gasteiger partial charge in [-0.2, -0.15) is 0 Å². The van der Waals surface area contributed by atoms with Crippen LogP contribution in [-0.4, -0.2) is 75.4 Å². The number of nitrogens with zero attached hydrogens (tertiary/aromatic N) is 2. The molecule has 0 aromatic heterocycles. The number of aldehydes is 1. The number of hydrogen-bond donors (Lipinski definition) is 2. The number of carbonyl (C=O) groups excluding carboxylic acids is 2. The third-order valence-corrected chi connectivity index (χ3v) is 4.89. The maximum absolute atomic E-state index is 12.9. The minimum atomic E-state index is -1.02. The second kappa shape index (κ2) is 8.23. The van der Waals surface area contributed by atoms with Crippen LogP contribution in [0.2, 0.25) is 0 Å². The van der Waals surface area contributed by atoms with Crippen LogP contribution in [0.15, 0.2) is 0 Å². The Labute approximate surface area is 140 Å². The molecule has 2 fully saturated rings. The summed E-state index contributed by atoms with van der Waals surface area (Å²) in [6.45, 7) is 0.881. The molecule has 2 aliphatic rings. The molecule has 3 unspecified atom stereocenters. The van der Waals surface area contributed by atoms with E-state index in [0.29, 0.717) is 58.0 Å². The van der Waals surface area contributed by atoms with Gasteiger partial charge in [0.15, 0.2) is 0 Å². The number of aliphatic carboxylic acids is 2. The molecule has 0 bridgehead atoms. The molecule has 0 spiro atoms. The summed E-state index contributed by atoms with van der Waals surface area (Å²) in [5.74, 6) is -2.31. The number of hydrogen-bond acceptors (Lipinski definition) is 5. The standard InChI is InChI=1S/C16H24N2O6/c19-10-2-1-5-11(17-8-3-6-12(17)15(21)22)14(20)18-9-4-7-13(18)16(23)24/h10-13H,1-9H2,(H,21,22)(H,23,24). The van der Waals surface area contributed by atoms with Gasteiger partial charge in [0, 0.05) is 13.0 Å². The monoisotopic (exact) mass is 340 g/mol. The summed E-state index contributed by atoms with van der Waals surface area (Å²) < 4.78 is 0. The summed E-state index contributed by atoms with van der Waals surface area (Å²) in [7, 11) is 0. The first kappa shape index (κ1) is 18.4. The first-order chi connectivity index (χ1) is 11.5. The molecule has 0 aromatic carbocycles. The molecule has 0 radical (unpaired) electrons. The Morgan fingerprint density at radius 2 is 1.67 bits per heavy atom. The van der Waals surface area contributed by atoms with Crippen LogP contribution in [-0.2, 0) is 19.2 Å². The normalized spacial score (nSPS) is 25.6. The van der Waals surface area contributed by atoms with Gasteiger partial charge in [-0.15, -0.1) is 0 Å². The molecule has 2 saturated heterocycles. The molecule has 0 aliphatic carbocycles. The van der Waals surface area contributed by atoms with Gasteiger partial charge in [0.25, 0.3) is 0 Å². The first-order valence-electron chi connectivity index (χ1n) is 8.42. The summed E-state index contributed by atoms with van der Waals surface area (Å²) in [4.78, 5) is 49.3. The van der Waals surface area contributed by atoms with Gasteiger partial charge >= 0.3 is 11.9 Å². The molecule has 8 heteroatoms. The van der Waals surface area contributed by atoms with Crippen LogP contribution in [0.25, 0.3) is 0 Å². The quantitative estimate of drug-likeness (QED) is 0.484. The maximum atomic E-state index is 12.9.